The van der Waals surface area contributed by atoms with E-state index in [2.05, 4.69) is 16.0 Å². The fraction of sp³-hybridized carbons (Fsp3) is 0.357. The monoisotopic (exact) mass is 246 g/mol. The molecule has 0 aromatic carbocycles. The Morgan fingerprint density at radius 1 is 1.33 bits per heavy atom. The van der Waals surface area contributed by atoms with Crippen molar-refractivity contribution in [2.75, 3.05) is 7.11 Å². The quantitative estimate of drug-likeness (QED) is 0.797. The number of ether oxygens (including phenoxy) is 1. The average Bonchev–Trinajstić information content (AvgIpc) is 3.01. The lowest BCUT2D eigenvalue weighted by Gasteiger charge is -2.13. The van der Waals surface area contributed by atoms with Gasteiger partial charge in [-0.25, -0.2) is 0 Å². The van der Waals surface area contributed by atoms with Crippen molar-refractivity contribution in [1.29, 1.82) is 0 Å². The van der Waals surface area contributed by atoms with Crippen molar-refractivity contribution >= 4 is 5.97 Å². The molecule has 2 aromatic rings. The summed E-state index contributed by atoms with van der Waals surface area (Å²) in [4.78, 5) is 17.8. The van der Waals surface area contributed by atoms with Gasteiger partial charge in [0.15, 0.2) is 0 Å². The first-order valence-electron chi connectivity index (χ1n) is 6.06. The lowest BCUT2D eigenvalue weighted by atomic mass is 9.96. The van der Waals surface area contributed by atoms with Gasteiger partial charge in [-0.1, -0.05) is 0 Å². The van der Waals surface area contributed by atoms with Crippen LogP contribution in [0.5, 0.6) is 0 Å². The summed E-state index contributed by atoms with van der Waals surface area (Å²) < 4.78 is 4.70. The van der Waals surface area contributed by atoms with E-state index in [1.807, 2.05) is 31.3 Å². The molecule has 2 N–H and O–H groups in total. The van der Waals surface area contributed by atoms with Gasteiger partial charge in [0, 0.05) is 35.6 Å². The minimum absolute atomic E-state index is 0.171. The van der Waals surface area contributed by atoms with Crippen molar-refractivity contribution in [2.45, 2.75) is 25.7 Å². The maximum Gasteiger partial charge on any atom is 0.305 e. The number of H-pyrrole nitrogens is 2. The van der Waals surface area contributed by atoms with Gasteiger partial charge in [0.25, 0.3) is 0 Å². The number of hydrogen-bond donors (Lipinski definition) is 2. The standard InChI is InChI=1S/C14H18N2O2/c1-10-5-7-13(16-10)11(6-8-14(17)18-2)12-4-3-9-15-12/h3-5,7,9,11,15-16H,6,8H2,1-2H3. The summed E-state index contributed by atoms with van der Waals surface area (Å²) in [6.07, 6.45) is 3.04. The number of aromatic amines is 2. The molecular formula is C14H18N2O2. The number of hydrogen-bond acceptors (Lipinski definition) is 2. The predicted molar refractivity (Wildman–Crippen MR) is 69.4 cm³/mol. The van der Waals surface area contributed by atoms with Gasteiger partial charge in [-0.05, 0) is 37.6 Å². The Balaban J connectivity index is 2.16. The van der Waals surface area contributed by atoms with Crippen molar-refractivity contribution < 1.29 is 9.53 Å². The summed E-state index contributed by atoms with van der Waals surface area (Å²) in [6.45, 7) is 2.02. The molecule has 4 nitrogen and oxygen atoms in total. The molecule has 0 radical (unpaired) electrons. The van der Waals surface area contributed by atoms with Gasteiger partial charge >= 0.3 is 5.97 Å². The van der Waals surface area contributed by atoms with Crippen LogP contribution in [0.1, 0.15) is 35.8 Å². The van der Waals surface area contributed by atoms with Gasteiger partial charge in [-0.15, -0.1) is 0 Å². The number of carbonyl (C=O) groups excluding carboxylic acids is 1. The molecule has 0 spiro atoms. The highest BCUT2D eigenvalue weighted by Crippen LogP contribution is 2.27. The molecule has 0 aliphatic rings. The third kappa shape index (κ3) is 2.83. The Kier molecular flexibility index (Phi) is 3.87. The highest BCUT2D eigenvalue weighted by molar-refractivity contribution is 5.69. The number of aromatic nitrogens is 2. The molecule has 0 bridgehead atoms. The Hall–Kier alpha value is -1.97. The van der Waals surface area contributed by atoms with E-state index >= 15 is 0 Å². The number of carbonyl (C=O) groups is 1. The number of methoxy groups -OCH3 is 1. The number of rotatable bonds is 5. The number of aryl methyl sites for hydroxylation is 1. The molecule has 0 aliphatic carbocycles. The molecule has 0 aliphatic heterocycles. The van der Waals surface area contributed by atoms with Gasteiger partial charge in [0.05, 0.1) is 7.11 Å². The predicted octanol–water partition coefficient (Wildman–Crippen LogP) is 2.74. The first kappa shape index (κ1) is 12.5. The molecule has 1 unspecified atom stereocenters. The Labute approximate surface area is 106 Å². The SMILES string of the molecule is COC(=O)CCC(c1ccc[nH]1)c1ccc(C)[nH]1. The van der Waals surface area contributed by atoms with Crippen LogP contribution in [0.15, 0.2) is 30.5 Å². The molecular weight excluding hydrogens is 228 g/mol. The van der Waals surface area contributed by atoms with E-state index in [1.165, 1.54) is 7.11 Å². The van der Waals surface area contributed by atoms with Crippen molar-refractivity contribution in [2.24, 2.45) is 0 Å². The molecule has 0 amide bonds. The highest BCUT2D eigenvalue weighted by Gasteiger charge is 2.18. The van der Waals surface area contributed by atoms with Gasteiger partial charge in [0.2, 0.25) is 0 Å². The normalized spacial score (nSPS) is 12.3. The second kappa shape index (κ2) is 5.58. The van der Waals surface area contributed by atoms with Crippen molar-refractivity contribution in [3.05, 3.63) is 47.5 Å². The summed E-state index contributed by atoms with van der Waals surface area (Å²) in [7, 11) is 1.42. The summed E-state index contributed by atoms with van der Waals surface area (Å²) in [5.74, 6) is 0.00244. The van der Waals surface area contributed by atoms with Crippen LogP contribution in [0.4, 0.5) is 0 Å². The van der Waals surface area contributed by atoms with E-state index < -0.39 is 0 Å². The summed E-state index contributed by atoms with van der Waals surface area (Å²) in [6, 6.07) is 8.12. The summed E-state index contributed by atoms with van der Waals surface area (Å²) in [5, 5.41) is 0. The minimum atomic E-state index is -0.171. The first-order valence-corrected chi connectivity index (χ1v) is 6.06. The summed E-state index contributed by atoms with van der Waals surface area (Å²) >= 11 is 0. The minimum Gasteiger partial charge on any atom is -0.469 e. The molecule has 0 fully saturated rings. The zero-order chi connectivity index (χ0) is 13.0. The molecule has 1 atom stereocenters. The van der Waals surface area contributed by atoms with E-state index in [-0.39, 0.29) is 11.9 Å². The lowest BCUT2D eigenvalue weighted by molar-refractivity contribution is -0.140. The molecule has 0 saturated carbocycles. The van der Waals surface area contributed by atoms with Crippen LogP contribution >= 0.6 is 0 Å². The number of esters is 1. The van der Waals surface area contributed by atoms with Crippen LogP contribution in [-0.2, 0) is 9.53 Å². The zero-order valence-corrected chi connectivity index (χ0v) is 10.7. The van der Waals surface area contributed by atoms with Gasteiger partial charge in [0.1, 0.15) is 0 Å². The van der Waals surface area contributed by atoms with Gasteiger partial charge in [-0.2, -0.15) is 0 Å². The third-order valence-electron chi connectivity index (χ3n) is 3.09. The van der Waals surface area contributed by atoms with Gasteiger partial charge in [-0.3, -0.25) is 4.79 Å². The molecule has 0 saturated heterocycles. The molecule has 2 heterocycles. The summed E-state index contributed by atoms with van der Waals surface area (Å²) in [5.41, 5.74) is 3.36. The first-order chi connectivity index (χ1) is 8.70. The smallest absolute Gasteiger partial charge is 0.305 e. The maximum absolute atomic E-state index is 11.3. The zero-order valence-electron chi connectivity index (χ0n) is 10.7. The molecule has 96 valence electrons. The second-order valence-electron chi connectivity index (χ2n) is 4.39. The topological polar surface area (TPSA) is 57.9 Å². The molecule has 2 rings (SSSR count). The maximum atomic E-state index is 11.3. The molecule has 2 aromatic heterocycles. The Morgan fingerprint density at radius 2 is 2.17 bits per heavy atom. The van der Waals surface area contributed by atoms with Crippen LogP contribution in [0, 0.1) is 6.92 Å². The second-order valence-corrected chi connectivity index (χ2v) is 4.39. The fourth-order valence-corrected chi connectivity index (χ4v) is 2.13. The van der Waals surface area contributed by atoms with E-state index in [1.54, 1.807) is 0 Å². The van der Waals surface area contributed by atoms with Crippen molar-refractivity contribution in [3.63, 3.8) is 0 Å². The van der Waals surface area contributed by atoms with E-state index in [0.717, 1.165) is 23.5 Å². The lowest BCUT2D eigenvalue weighted by Crippen LogP contribution is -2.07. The fourth-order valence-electron chi connectivity index (χ4n) is 2.13. The number of nitrogens with one attached hydrogen (secondary N) is 2. The molecule has 18 heavy (non-hydrogen) atoms. The van der Waals surface area contributed by atoms with Crippen LogP contribution in [0.2, 0.25) is 0 Å². The van der Waals surface area contributed by atoms with E-state index in [4.69, 9.17) is 4.74 Å². The third-order valence-corrected chi connectivity index (χ3v) is 3.09. The van der Waals surface area contributed by atoms with Crippen LogP contribution in [0.25, 0.3) is 0 Å². The van der Waals surface area contributed by atoms with Crippen LogP contribution < -0.4 is 0 Å². The van der Waals surface area contributed by atoms with Crippen LogP contribution in [-0.4, -0.2) is 23.0 Å². The van der Waals surface area contributed by atoms with E-state index in [9.17, 15) is 4.79 Å². The molecule has 4 heteroatoms. The Morgan fingerprint density at radius 3 is 2.72 bits per heavy atom. The largest absolute Gasteiger partial charge is 0.469 e. The van der Waals surface area contributed by atoms with Crippen molar-refractivity contribution in [3.8, 4) is 0 Å². The Bertz CT molecular complexity index is 500. The van der Waals surface area contributed by atoms with Crippen molar-refractivity contribution in [1.82, 2.24) is 9.97 Å². The van der Waals surface area contributed by atoms with E-state index in [0.29, 0.717) is 6.42 Å². The average molecular weight is 246 g/mol. The van der Waals surface area contributed by atoms with Gasteiger partial charge < -0.3 is 14.7 Å². The van der Waals surface area contributed by atoms with Crippen LogP contribution in [0.3, 0.4) is 0 Å². The highest BCUT2D eigenvalue weighted by atomic mass is 16.5.